The van der Waals surface area contributed by atoms with Crippen LogP contribution in [0.15, 0.2) is 76.4 Å². The van der Waals surface area contributed by atoms with Gasteiger partial charge in [0.25, 0.3) is 11.5 Å². The third kappa shape index (κ3) is 5.58. The number of halogens is 1. The Morgan fingerprint density at radius 2 is 1.81 bits per heavy atom. The van der Waals surface area contributed by atoms with Crippen molar-refractivity contribution in [3.05, 3.63) is 110 Å². The monoisotopic (exact) mass is 567 g/mol. The number of anilines is 1. The van der Waals surface area contributed by atoms with Gasteiger partial charge in [0.1, 0.15) is 23.0 Å². The van der Waals surface area contributed by atoms with E-state index < -0.39 is 5.82 Å². The van der Waals surface area contributed by atoms with Crippen LogP contribution in [0.4, 0.5) is 10.2 Å². The molecule has 1 aliphatic carbocycles. The lowest BCUT2D eigenvalue weighted by Gasteiger charge is -2.09. The molecule has 3 N–H and O–H groups in total. The van der Waals surface area contributed by atoms with Crippen LogP contribution in [0.5, 0.6) is 0 Å². The van der Waals surface area contributed by atoms with Crippen molar-refractivity contribution < 1.29 is 9.18 Å². The Kier molecular flexibility index (Phi) is 7.39. The minimum absolute atomic E-state index is 0.0277. The van der Waals surface area contributed by atoms with E-state index in [-0.39, 0.29) is 28.8 Å². The van der Waals surface area contributed by atoms with Crippen molar-refractivity contribution in [2.45, 2.75) is 51.9 Å². The number of amides is 1. The summed E-state index contributed by atoms with van der Waals surface area (Å²) in [5.74, 6) is 0.374. The molecule has 0 radical (unpaired) electrons. The van der Waals surface area contributed by atoms with E-state index in [9.17, 15) is 18.8 Å². The second-order valence-corrected chi connectivity index (χ2v) is 10.4. The van der Waals surface area contributed by atoms with E-state index in [0.29, 0.717) is 48.0 Å². The van der Waals surface area contributed by atoms with Crippen molar-refractivity contribution in [2.75, 3.05) is 5.32 Å². The van der Waals surface area contributed by atoms with Crippen LogP contribution >= 0.6 is 0 Å². The van der Waals surface area contributed by atoms with Crippen LogP contribution in [0.2, 0.25) is 0 Å². The summed E-state index contributed by atoms with van der Waals surface area (Å²) in [5, 5.41) is 6.08. The molecule has 1 saturated carbocycles. The number of aromatic nitrogens is 5. The zero-order valence-electron chi connectivity index (χ0n) is 23.1. The van der Waals surface area contributed by atoms with Gasteiger partial charge in [-0.15, -0.1) is 0 Å². The fourth-order valence-corrected chi connectivity index (χ4v) is 4.87. The van der Waals surface area contributed by atoms with Gasteiger partial charge in [-0.05, 0) is 60.7 Å². The standard InChI is InChI=1S/C31H30FN7O3/c1-2-14-38-28-26(30(41)39(31(38)42)24-11-12-24)36-27(37-28)22-10-13-25(34-18-22)33-16-19-6-8-20(9-7-19)17-35-29(40)21-4-3-5-23(32)15-21/h3-10,13,15,18,24H,2,11-12,14,16-17H2,1H3,(H,33,34)(H,35,40)(H,36,37). The summed E-state index contributed by atoms with van der Waals surface area (Å²) in [7, 11) is 0. The summed E-state index contributed by atoms with van der Waals surface area (Å²) in [5.41, 5.74) is 3.02. The number of imidazole rings is 1. The number of fused-ring (bicyclic) bond motifs is 1. The van der Waals surface area contributed by atoms with Crippen molar-refractivity contribution in [2.24, 2.45) is 0 Å². The van der Waals surface area contributed by atoms with Crippen molar-refractivity contribution in [1.82, 2.24) is 29.4 Å². The molecule has 6 rings (SSSR count). The first-order valence-corrected chi connectivity index (χ1v) is 14.0. The molecule has 0 unspecified atom stereocenters. The molecular formula is C31H30FN7O3. The smallest absolute Gasteiger partial charge is 0.333 e. The molecule has 11 heteroatoms. The van der Waals surface area contributed by atoms with Gasteiger partial charge in [-0.25, -0.2) is 19.2 Å². The summed E-state index contributed by atoms with van der Waals surface area (Å²) in [4.78, 5) is 50.6. The molecule has 10 nitrogen and oxygen atoms in total. The molecule has 0 aliphatic heterocycles. The van der Waals surface area contributed by atoms with Gasteiger partial charge in [0.15, 0.2) is 5.65 Å². The average Bonchev–Trinajstić information content (AvgIpc) is 3.74. The molecule has 0 bridgehead atoms. The molecule has 2 aromatic carbocycles. The first-order chi connectivity index (χ1) is 20.4. The summed E-state index contributed by atoms with van der Waals surface area (Å²) >= 11 is 0. The minimum atomic E-state index is -0.448. The van der Waals surface area contributed by atoms with Gasteiger partial charge in [-0.1, -0.05) is 37.3 Å². The van der Waals surface area contributed by atoms with E-state index in [1.165, 1.54) is 22.8 Å². The predicted octanol–water partition coefficient (Wildman–Crippen LogP) is 4.37. The largest absolute Gasteiger partial charge is 0.366 e. The number of benzene rings is 2. The van der Waals surface area contributed by atoms with E-state index >= 15 is 0 Å². The Morgan fingerprint density at radius 3 is 2.48 bits per heavy atom. The van der Waals surface area contributed by atoms with Crippen LogP contribution in [0.3, 0.4) is 0 Å². The average molecular weight is 568 g/mol. The van der Waals surface area contributed by atoms with Crippen molar-refractivity contribution in [3.63, 3.8) is 0 Å². The van der Waals surface area contributed by atoms with Crippen LogP contribution in [0.25, 0.3) is 22.6 Å². The van der Waals surface area contributed by atoms with Crippen molar-refractivity contribution >= 4 is 22.9 Å². The molecule has 42 heavy (non-hydrogen) atoms. The number of nitrogens with one attached hydrogen (secondary N) is 3. The van der Waals surface area contributed by atoms with E-state index in [4.69, 9.17) is 0 Å². The molecule has 214 valence electrons. The van der Waals surface area contributed by atoms with Gasteiger partial charge < -0.3 is 15.6 Å². The molecule has 0 saturated heterocycles. The maximum absolute atomic E-state index is 13.4. The first kappa shape index (κ1) is 27.1. The number of pyridine rings is 1. The molecule has 3 heterocycles. The van der Waals surface area contributed by atoms with E-state index in [1.807, 2.05) is 43.3 Å². The number of nitrogens with zero attached hydrogens (tertiary/aromatic N) is 4. The molecule has 1 fully saturated rings. The normalized spacial score (nSPS) is 12.9. The Labute approximate surface area is 240 Å². The van der Waals surface area contributed by atoms with E-state index in [2.05, 4.69) is 25.6 Å². The van der Waals surface area contributed by atoms with Gasteiger partial charge >= 0.3 is 5.69 Å². The highest BCUT2D eigenvalue weighted by Gasteiger charge is 2.29. The summed E-state index contributed by atoms with van der Waals surface area (Å²) in [6, 6.07) is 17.0. The van der Waals surface area contributed by atoms with Gasteiger partial charge in [0.2, 0.25) is 0 Å². The summed E-state index contributed by atoms with van der Waals surface area (Å²) < 4.78 is 16.3. The maximum atomic E-state index is 13.4. The minimum Gasteiger partial charge on any atom is -0.366 e. The molecule has 5 aromatic rings. The van der Waals surface area contributed by atoms with Gasteiger partial charge in [0, 0.05) is 43.0 Å². The zero-order chi connectivity index (χ0) is 29.2. The SMILES string of the molecule is CCCn1c(=O)n(C2CC2)c(=O)c2[nH]c(-c3ccc(NCc4ccc(CNC(=O)c5cccc(F)c5)cc4)nc3)nc21. The van der Waals surface area contributed by atoms with Crippen LogP contribution in [0.1, 0.15) is 53.7 Å². The van der Waals surface area contributed by atoms with Crippen LogP contribution in [0, 0.1) is 5.82 Å². The highest BCUT2D eigenvalue weighted by Crippen LogP contribution is 2.32. The van der Waals surface area contributed by atoms with E-state index in [0.717, 1.165) is 30.4 Å². The number of hydrogen-bond acceptors (Lipinski definition) is 6. The number of carbonyl (C=O) groups excluding carboxylic acids is 1. The lowest BCUT2D eigenvalue weighted by atomic mass is 10.1. The Balaban J connectivity index is 1.10. The number of hydrogen-bond donors (Lipinski definition) is 3. The maximum Gasteiger partial charge on any atom is 0.333 e. The fraction of sp³-hybridized carbons (Fsp3) is 0.258. The van der Waals surface area contributed by atoms with Crippen molar-refractivity contribution in [3.8, 4) is 11.4 Å². The molecule has 0 atom stereocenters. The molecule has 3 aromatic heterocycles. The predicted molar refractivity (Wildman–Crippen MR) is 158 cm³/mol. The Morgan fingerprint density at radius 1 is 1.05 bits per heavy atom. The molecule has 1 aliphatic rings. The fourth-order valence-electron chi connectivity index (χ4n) is 4.87. The van der Waals surface area contributed by atoms with Gasteiger partial charge in [-0.3, -0.25) is 18.7 Å². The van der Waals surface area contributed by atoms with Gasteiger partial charge in [-0.2, -0.15) is 0 Å². The second kappa shape index (κ2) is 11.4. The second-order valence-electron chi connectivity index (χ2n) is 10.4. The Bertz CT molecular complexity index is 1870. The number of aryl methyl sites for hydroxylation is 1. The third-order valence-electron chi connectivity index (χ3n) is 7.24. The quantitative estimate of drug-likeness (QED) is 0.230. The Hall–Kier alpha value is -5.06. The number of carbonyl (C=O) groups is 1. The van der Waals surface area contributed by atoms with Crippen LogP contribution in [-0.2, 0) is 19.6 Å². The molecular weight excluding hydrogens is 537 g/mol. The molecule has 1 amide bonds. The summed E-state index contributed by atoms with van der Waals surface area (Å²) in [6.45, 7) is 3.34. The topological polar surface area (TPSA) is 127 Å². The number of rotatable bonds is 10. The lowest BCUT2D eigenvalue weighted by molar-refractivity contribution is 0.0950. The van der Waals surface area contributed by atoms with Gasteiger partial charge in [0.05, 0.1) is 0 Å². The van der Waals surface area contributed by atoms with Crippen molar-refractivity contribution in [1.29, 1.82) is 0 Å². The van der Waals surface area contributed by atoms with Crippen LogP contribution in [-0.4, -0.2) is 30.0 Å². The number of H-pyrrole nitrogens is 1. The number of aromatic amines is 1. The summed E-state index contributed by atoms with van der Waals surface area (Å²) in [6.07, 6.45) is 4.10. The van der Waals surface area contributed by atoms with E-state index in [1.54, 1.807) is 16.8 Å². The van der Waals surface area contributed by atoms with Crippen LogP contribution < -0.4 is 21.9 Å². The zero-order valence-corrected chi connectivity index (χ0v) is 23.1. The first-order valence-electron chi connectivity index (χ1n) is 14.0. The highest BCUT2D eigenvalue weighted by atomic mass is 19.1. The third-order valence-corrected chi connectivity index (χ3v) is 7.24. The lowest BCUT2D eigenvalue weighted by Crippen LogP contribution is -2.39. The molecule has 0 spiro atoms. The highest BCUT2D eigenvalue weighted by molar-refractivity contribution is 5.94.